The average Bonchev–Trinajstić information content (AvgIpc) is 2.35. The Kier molecular flexibility index (Phi) is 4.80. The van der Waals surface area contributed by atoms with E-state index in [0.29, 0.717) is 0 Å². The molecule has 1 amide bonds. The van der Waals surface area contributed by atoms with Crippen molar-refractivity contribution in [1.29, 1.82) is 0 Å². The molecule has 0 spiro atoms. The van der Waals surface area contributed by atoms with Crippen LogP contribution in [0.4, 0.5) is 15.8 Å². The fraction of sp³-hybridized carbons (Fsp3) is 0.417. The quantitative estimate of drug-likeness (QED) is 0.631. The number of likely N-dealkylation sites (N-methyl/N-ethyl adjacent to an activating group) is 1. The molecular weight excluding hydrogens is 253 g/mol. The first-order valence-electron chi connectivity index (χ1n) is 5.79. The van der Waals surface area contributed by atoms with Crippen molar-refractivity contribution >= 4 is 17.3 Å². The van der Waals surface area contributed by atoms with E-state index >= 15 is 0 Å². The molecule has 1 rings (SSSR count). The van der Waals surface area contributed by atoms with Crippen LogP contribution in [-0.4, -0.2) is 23.9 Å². The van der Waals surface area contributed by atoms with Crippen LogP contribution in [0, 0.1) is 21.8 Å². The lowest BCUT2D eigenvalue weighted by Crippen LogP contribution is -2.41. The lowest BCUT2D eigenvalue weighted by Gasteiger charge is -2.22. The number of amides is 1. The number of nitrogens with zero attached hydrogens (tertiary/aromatic N) is 1. The van der Waals surface area contributed by atoms with Crippen molar-refractivity contribution in [2.75, 3.05) is 12.4 Å². The van der Waals surface area contributed by atoms with Crippen LogP contribution >= 0.6 is 0 Å². The number of hydrogen-bond donors (Lipinski definition) is 2. The third-order valence-corrected chi connectivity index (χ3v) is 2.67. The van der Waals surface area contributed by atoms with Gasteiger partial charge in [0.05, 0.1) is 16.7 Å². The van der Waals surface area contributed by atoms with Gasteiger partial charge in [-0.2, -0.15) is 0 Å². The summed E-state index contributed by atoms with van der Waals surface area (Å²) in [5.74, 6) is -1.09. The molecule has 0 aliphatic rings. The Labute approximate surface area is 110 Å². The summed E-state index contributed by atoms with van der Waals surface area (Å²) in [5, 5.41) is 15.7. The Bertz CT molecular complexity index is 491. The van der Waals surface area contributed by atoms with Gasteiger partial charge in [-0.05, 0) is 12.0 Å². The molecular formula is C12H16FN3O3. The minimum atomic E-state index is -0.760. The van der Waals surface area contributed by atoms with E-state index in [2.05, 4.69) is 10.6 Å². The van der Waals surface area contributed by atoms with Gasteiger partial charge in [-0.1, -0.05) is 13.8 Å². The molecule has 0 fully saturated rings. The first-order valence-corrected chi connectivity index (χ1v) is 5.79. The molecule has 0 heterocycles. The number of nitrogens with one attached hydrogen (secondary N) is 2. The molecule has 104 valence electrons. The summed E-state index contributed by atoms with van der Waals surface area (Å²) in [5.41, 5.74) is -0.267. The summed E-state index contributed by atoms with van der Waals surface area (Å²) in [6.07, 6.45) is 0. The van der Waals surface area contributed by atoms with E-state index in [9.17, 15) is 19.3 Å². The number of nitro groups is 1. The standard InChI is InChI=1S/C12H16FN3O3/c1-7(2)11(12(17)14-3)15-10-5-4-8(16(18)19)6-9(10)13/h4-7,11,15H,1-3H3,(H,14,17). The Morgan fingerprint density at radius 2 is 2.05 bits per heavy atom. The van der Waals surface area contributed by atoms with E-state index < -0.39 is 16.8 Å². The molecule has 1 atom stereocenters. The Balaban J connectivity index is 2.97. The van der Waals surface area contributed by atoms with Crippen molar-refractivity contribution < 1.29 is 14.1 Å². The minimum Gasteiger partial charge on any atom is -0.371 e. The number of anilines is 1. The van der Waals surface area contributed by atoms with Crippen molar-refractivity contribution in [1.82, 2.24) is 5.32 Å². The van der Waals surface area contributed by atoms with E-state index in [1.807, 2.05) is 13.8 Å². The van der Waals surface area contributed by atoms with Crippen molar-refractivity contribution in [2.45, 2.75) is 19.9 Å². The molecule has 19 heavy (non-hydrogen) atoms. The van der Waals surface area contributed by atoms with Crippen molar-refractivity contribution in [3.8, 4) is 0 Å². The Hall–Kier alpha value is -2.18. The number of nitro benzene ring substituents is 1. The van der Waals surface area contributed by atoms with Gasteiger partial charge in [0.15, 0.2) is 5.82 Å². The molecule has 0 aromatic heterocycles. The van der Waals surface area contributed by atoms with Gasteiger partial charge in [-0.3, -0.25) is 14.9 Å². The topological polar surface area (TPSA) is 84.3 Å². The zero-order chi connectivity index (χ0) is 14.6. The zero-order valence-corrected chi connectivity index (χ0v) is 10.9. The first kappa shape index (κ1) is 14.9. The zero-order valence-electron chi connectivity index (χ0n) is 10.9. The maximum atomic E-state index is 13.7. The maximum Gasteiger partial charge on any atom is 0.272 e. The summed E-state index contributed by atoms with van der Waals surface area (Å²) in [6.45, 7) is 3.63. The van der Waals surface area contributed by atoms with Gasteiger partial charge in [0.2, 0.25) is 5.91 Å². The van der Waals surface area contributed by atoms with E-state index in [1.54, 1.807) is 0 Å². The lowest BCUT2D eigenvalue weighted by molar-refractivity contribution is -0.385. The second-order valence-electron chi connectivity index (χ2n) is 4.40. The van der Waals surface area contributed by atoms with Crippen LogP contribution in [0.1, 0.15) is 13.8 Å². The highest BCUT2D eigenvalue weighted by atomic mass is 19.1. The molecule has 0 aliphatic carbocycles. The van der Waals surface area contributed by atoms with Gasteiger partial charge >= 0.3 is 0 Å². The van der Waals surface area contributed by atoms with E-state index in [4.69, 9.17) is 0 Å². The summed E-state index contributed by atoms with van der Waals surface area (Å²) in [6, 6.07) is 2.66. The van der Waals surface area contributed by atoms with Gasteiger partial charge in [0, 0.05) is 13.1 Å². The lowest BCUT2D eigenvalue weighted by atomic mass is 10.0. The molecule has 1 aromatic carbocycles. The van der Waals surface area contributed by atoms with Crippen LogP contribution in [0.25, 0.3) is 0 Å². The molecule has 0 saturated carbocycles. The monoisotopic (exact) mass is 269 g/mol. The van der Waals surface area contributed by atoms with Gasteiger partial charge in [0.1, 0.15) is 6.04 Å². The number of non-ortho nitro benzene ring substituents is 1. The molecule has 0 bridgehead atoms. The Morgan fingerprint density at radius 1 is 1.42 bits per heavy atom. The molecule has 1 aromatic rings. The van der Waals surface area contributed by atoms with Crippen molar-refractivity contribution in [3.05, 3.63) is 34.1 Å². The highest BCUT2D eigenvalue weighted by Crippen LogP contribution is 2.22. The first-order chi connectivity index (χ1) is 8.86. The van der Waals surface area contributed by atoms with Crippen LogP contribution in [0.3, 0.4) is 0 Å². The normalized spacial score (nSPS) is 12.1. The average molecular weight is 269 g/mol. The summed E-state index contributed by atoms with van der Waals surface area (Å²) in [7, 11) is 1.49. The fourth-order valence-electron chi connectivity index (χ4n) is 1.59. The van der Waals surface area contributed by atoms with Crippen LogP contribution in [0.15, 0.2) is 18.2 Å². The van der Waals surface area contributed by atoms with Crippen LogP contribution in [0.5, 0.6) is 0 Å². The van der Waals surface area contributed by atoms with Gasteiger partial charge in [0.25, 0.3) is 5.69 Å². The molecule has 2 N–H and O–H groups in total. The number of carbonyl (C=O) groups is 1. The third kappa shape index (κ3) is 3.64. The molecule has 6 nitrogen and oxygen atoms in total. The molecule has 0 aliphatic heterocycles. The SMILES string of the molecule is CNC(=O)C(Nc1ccc([N+](=O)[O-])cc1F)C(C)C. The second kappa shape index (κ2) is 6.12. The summed E-state index contributed by atoms with van der Waals surface area (Å²) in [4.78, 5) is 21.5. The molecule has 0 radical (unpaired) electrons. The number of carbonyl (C=O) groups excluding carboxylic acids is 1. The van der Waals surface area contributed by atoms with Crippen molar-refractivity contribution in [2.24, 2.45) is 5.92 Å². The molecule has 0 saturated heterocycles. The highest BCUT2D eigenvalue weighted by molar-refractivity contribution is 5.84. The van der Waals surface area contributed by atoms with Gasteiger partial charge in [-0.25, -0.2) is 4.39 Å². The Morgan fingerprint density at radius 3 is 2.47 bits per heavy atom. The van der Waals surface area contributed by atoms with E-state index in [-0.39, 0.29) is 23.2 Å². The summed E-state index contributed by atoms with van der Waals surface area (Å²) >= 11 is 0. The number of rotatable bonds is 5. The second-order valence-corrected chi connectivity index (χ2v) is 4.40. The van der Waals surface area contributed by atoms with Crippen LogP contribution in [0.2, 0.25) is 0 Å². The number of hydrogen-bond acceptors (Lipinski definition) is 4. The predicted molar refractivity (Wildman–Crippen MR) is 69.4 cm³/mol. The van der Waals surface area contributed by atoms with Gasteiger partial charge in [-0.15, -0.1) is 0 Å². The third-order valence-electron chi connectivity index (χ3n) is 2.67. The fourth-order valence-corrected chi connectivity index (χ4v) is 1.59. The van der Waals surface area contributed by atoms with Crippen LogP contribution in [-0.2, 0) is 4.79 Å². The largest absolute Gasteiger partial charge is 0.371 e. The smallest absolute Gasteiger partial charge is 0.272 e. The summed E-state index contributed by atoms with van der Waals surface area (Å²) < 4.78 is 13.7. The van der Waals surface area contributed by atoms with Gasteiger partial charge < -0.3 is 10.6 Å². The number of benzene rings is 1. The minimum absolute atomic E-state index is 0.0606. The maximum absolute atomic E-state index is 13.7. The van der Waals surface area contributed by atoms with Crippen LogP contribution < -0.4 is 10.6 Å². The molecule has 1 unspecified atom stereocenters. The van der Waals surface area contributed by atoms with Crippen molar-refractivity contribution in [3.63, 3.8) is 0 Å². The molecule has 7 heteroatoms. The number of halogens is 1. The van der Waals surface area contributed by atoms with E-state index in [0.717, 1.165) is 6.07 Å². The predicted octanol–water partition coefficient (Wildman–Crippen LogP) is 1.92. The highest BCUT2D eigenvalue weighted by Gasteiger charge is 2.22. The van der Waals surface area contributed by atoms with E-state index in [1.165, 1.54) is 19.2 Å².